The van der Waals surface area contributed by atoms with Crippen molar-refractivity contribution in [1.82, 2.24) is 20.4 Å². The fraction of sp³-hybridized carbons (Fsp3) is 0.857. The quantitative estimate of drug-likeness (QED) is 0.832. The van der Waals surface area contributed by atoms with E-state index in [-0.39, 0.29) is 0 Å². The lowest BCUT2D eigenvalue weighted by molar-refractivity contribution is 0.256. The van der Waals surface area contributed by atoms with Crippen LogP contribution in [0.5, 0.6) is 0 Å². The highest BCUT2D eigenvalue weighted by molar-refractivity contribution is 7.99. The Kier molecular flexibility index (Phi) is 6.32. The van der Waals surface area contributed by atoms with Crippen molar-refractivity contribution in [1.29, 1.82) is 0 Å². The molecule has 2 rings (SSSR count). The lowest BCUT2D eigenvalue weighted by atomic mass is 10.2. The predicted octanol–water partition coefficient (Wildman–Crippen LogP) is 2.11. The molecule has 114 valence electrons. The molecule has 1 aromatic rings. The van der Waals surface area contributed by atoms with Crippen LogP contribution in [0.25, 0.3) is 0 Å². The van der Waals surface area contributed by atoms with Crippen LogP contribution in [-0.2, 0) is 6.42 Å². The van der Waals surface area contributed by atoms with Gasteiger partial charge in [0.25, 0.3) is 0 Å². The fourth-order valence-corrected chi connectivity index (χ4v) is 3.51. The summed E-state index contributed by atoms with van der Waals surface area (Å²) in [4.78, 5) is 6.89. The van der Waals surface area contributed by atoms with Crippen LogP contribution < -0.4 is 5.32 Å². The number of aryl methyl sites for hydroxylation is 1. The molecule has 0 radical (unpaired) electrons. The Hall–Kier alpha value is -0.590. The maximum atomic E-state index is 5.40. The summed E-state index contributed by atoms with van der Waals surface area (Å²) in [7, 11) is 2.14. The van der Waals surface area contributed by atoms with E-state index in [1.807, 2.05) is 11.8 Å². The van der Waals surface area contributed by atoms with Gasteiger partial charge in [0.1, 0.15) is 0 Å². The Morgan fingerprint density at radius 1 is 1.55 bits per heavy atom. The second kappa shape index (κ2) is 8.00. The highest BCUT2D eigenvalue weighted by Gasteiger charge is 2.25. The molecule has 1 N–H and O–H groups in total. The summed E-state index contributed by atoms with van der Waals surface area (Å²) in [6.07, 6.45) is 3.06. The van der Waals surface area contributed by atoms with E-state index in [4.69, 9.17) is 4.52 Å². The van der Waals surface area contributed by atoms with Gasteiger partial charge in [0.2, 0.25) is 5.89 Å². The van der Waals surface area contributed by atoms with Crippen LogP contribution >= 0.6 is 11.8 Å². The molecule has 0 saturated carbocycles. The van der Waals surface area contributed by atoms with Crippen LogP contribution in [-0.4, -0.2) is 52.7 Å². The van der Waals surface area contributed by atoms with Crippen molar-refractivity contribution in [2.45, 2.75) is 45.2 Å². The molecule has 1 fully saturated rings. The number of thioether (sulfide) groups is 1. The minimum absolute atomic E-state index is 0.307. The van der Waals surface area contributed by atoms with Gasteiger partial charge in [-0.3, -0.25) is 4.90 Å². The van der Waals surface area contributed by atoms with Crippen molar-refractivity contribution < 1.29 is 4.52 Å². The number of hydrogen-bond donors (Lipinski definition) is 1. The van der Waals surface area contributed by atoms with Gasteiger partial charge in [-0.15, -0.1) is 0 Å². The molecular weight excluding hydrogens is 272 g/mol. The van der Waals surface area contributed by atoms with Gasteiger partial charge in [0.05, 0.1) is 6.04 Å². The van der Waals surface area contributed by atoms with E-state index in [1.165, 1.54) is 12.2 Å². The Morgan fingerprint density at radius 2 is 2.40 bits per heavy atom. The molecule has 0 bridgehead atoms. The molecule has 1 saturated heterocycles. The summed E-state index contributed by atoms with van der Waals surface area (Å²) in [5.74, 6) is 3.88. The predicted molar refractivity (Wildman–Crippen MR) is 83.1 cm³/mol. The largest absolute Gasteiger partial charge is 0.339 e. The SMILES string of the molecule is CCCNC(C)CCc1nc(C2CSCCN2C)no1. The van der Waals surface area contributed by atoms with Crippen molar-refractivity contribution in [3.63, 3.8) is 0 Å². The monoisotopic (exact) mass is 298 g/mol. The molecule has 0 aromatic carbocycles. The van der Waals surface area contributed by atoms with E-state index in [1.54, 1.807) is 0 Å². The van der Waals surface area contributed by atoms with Crippen molar-refractivity contribution in [3.8, 4) is 0 Å². The first-order valence-electron chi connectivity index (χ1n) is 7.54. The number of nitrogens with zero attached hydrogens (tertiary/aromatic N) is 3. The van der Waals surface area contributed by atoms with Gasteiger partial charge in [0, 0.05) is 30.5 Å². The first-order valence-corrected chi connectivity index (χ1v) is 8.70. The lowest BCUT2D eigenvalue weighted by Crippen LogP contribution is -2.33. The van der Waals surface area contributed by atoms with Gasteiger partial charge in [0.15, 0.2) is 5.82 Å². The standard InChI is InChI=1S/C14H26N4OS/c1-4-7-15-11(2)5-6-13-16-14(17-19-13)12-10-20-9-8-18(12)3/h11-12,15H,4-10H2,1-3H3. The highest BCUT2D eigenvalue weighted by atomic mass is 32.2. The summed E-state index contributed by atoms with van der Waals surface area (Å²) < 4.78 is 5.40. The average Bonchev–Trinajstić information content (AvgIpc) is 2.92. The molecule has 2 unspecified atom stereocenters. The maximum Gasteiger partial charge on any atom is 0.226 e. The summed E-state index contributed by atoms with van der Waals surface area (Å²) >= 11 is 1.96. The normalized spacial score (nSPS) is 22.1. The van der Waals surface area contributed by atoms with Gasteiger partial charge in [-0.1, -0.05) is 12.1 Å². The van der Waals surface area contributed by atoms with Gasteiger partial charge < -0.3 is 9.84 Å². The number of rotatable bonds is 7. The van der Waals surface area contributed by atoms with Crippen LogP contribution in [0.2, 0.25) is 0 Å². The zero-order valence-electron chi connectivity index (χ0n) is 12.8. The third kappa shape index (κ3) is 4.46. The smallest absolute Gasteiger partial charge is 0.226 e. The molecule has 0 aliphatic carbocycles. The minimum Gasteiger partial charge on any atom is -0.339 e. The highest BCUT2D eigenvalue weighted by Crippen LogP contribution is 2.26. The molecule has 2 heterocycles. The van der Waals surface area contributed by atoms with E-state index in [0.29, 0.717) is 12.1 Å². The number of aromatic nitrogens is 2. The van der Waals surface area contributed by atoms with Gasteiger partial charge in [-0.25, -0.2) is 0 Å². The Labute approximate surface area is 125 Å². The van der Waals surface area contributed by atoms with Crippen molar-refractivity contribution >= 4 is 11.8 Å². The minimum atomic E-state index is 0.307. The molecule has 1 aliphatic heterocycles. The molecule has 0 amide bonds. The van der Waals surface area contributed by atoms with Crippen LogP contribution in [0.3, 0.4) is 0 Å². The van der Waals surface area contributed by atoms with Crippen molar-refractivity contribution in [2.75, 3.05) is 31.6 Å². The summed E-state index contributed by atoms with van der Waals surface area (Å²) in [5.41, 5.74) is 0. The van der Waals surface area contributed by atoms with Gasteiger partial charge in [-0.05, 0) is 33.4 Å². The van der Waals surface area contributed by atoms with Crippen LogP contribution in [0.1, 0.15) is 44.4 Å². The topological polar surface area (TPSA) is 54.2 Å². The third-order valence-corrected chi connectivity index (χ3v) is 4.73. The van der Waals surface area contributed by atoms with Gasteiger partial charge in [-0.2, -0.15) is 16.7 Å². The molecule has 20 heavy (non-hydrogen) atoms. The Bertz CT molecular complexity index is 398. The van der Waals surface area contributed by atoms with Crippen molar-refractivity contribution in [2.24, 2.45) is 0 Å². The van der Waals surface area contributed by atoms with E-state index in [0.717, 1.165) is 43.4 Å². The Balaban J connectivity index is 1.82. The molecule has 1 aliphatic rings. The average molecular weight is 298 g/mol. The molecule has 6 heteroatoms. The number of hydrogen-bond acceptors (Lipinski definition) is 6. The molecule has 5 nitrogen and oxygen atoms in total. The first kappa shape index (κ1) is 15.8. The summed E-state index contributed by atoms with van der Waals surface area (Å²) in [5, 5.41) is 7.65. The fourth-order valence-electron chi connectivity index (χ4n) is 2.30. The molecule has 1 aromatic heterocycles. The van der Waals surface area contributed by atoms with Crippen LogP contribution in [0, 0.1) is 0 Å². The zero-order valence-corrected chi connectivity index (χ0v) is 13.6. The molecular formula is C14H26N4OS. The third-order valence-electron chi connectivity index (χ3n) is 3.71. The Morgan fingerprint density at radius 3 is 3.15 bits per heavy atom. The summed E-state index contributed by atoms with van der Waals surface area (Å²) in [6, 6.07) is 0.806. The van der Waals surface area contributed by atoms with E-state index in [9.17, 15) is 0 Å². The van der Waals surface area contributed by atoms with Crippen LogP contribution in [0.4, 0.5) is 0 Å². The first-order chi connectivity index (χ1) is 9.70. The van der Waals surface area contributed by atoms with Crippen molar-refractivity contribution in [3.05, 3.63) is 11.7 Å². The molecule has 2 atom stereocenters. The number of nitrogens with one attached hydrogen (secondary N) is 1. The second-order valence-corrected chi connectivity index (χ2v) is 6.66. The van der Waals surface area contributed by atoms with Gasteiger partial charge >= 0.3 is 0 Å². The maximum absolute atomic E-state index is 5.40. The summed E-state index contributed by atoms with van der Waals surface area (Å²) in [6.45, 7) is 6.55. The van der Waals surface area contributed by atoms with Crippen LogP contribution in [0.15, 0.2) is 4.52 Å². The zero-order chi connectivity index (χ0) is 14.4. The molecule has 0 spiro atoms. The second-order valence-electron chi connectivity index (χ2n) is 5.51. The van der Waals surface area contributed by atoms with E-state index in [2.05, 4.69) is 41.3 Å². The van der Waals surface area contributed by atoms with E-state index >= 15 is 0 Å². The lowest BCUT2D eigenvalue weighted by Gasteiger charge is -2.29. The van der Waals surface area contributed by atoms with E-state index < -0.39 is 0 Å².